The van der Waals surface area contributed by atoms with Crippen molar-refractivity contribution in [1.29, 1.82) is 0 Å². The fraction of sp³-hybridized carbons (Fsp3) is 0.231. The zero-order chi connectivity index (χ0) is 12.3. The molecule has 0 spiro atoms. The van der Waals surface area contributed by atoms with E-state index in [1.807, 2.05) is 37.3 Å². The number of rotatable bonds is 4. The van der Waals surface area contributed by atoms with Gasteiger partial charge in [0.1, 0.15) is 0 Å². The lowest BCUT2D eigenvalue weighted by Gasteiger charge is -2.00. The van der Waals surface area contributed by atoms with Crippen molar-refractivity contribution in [2.75, 3.05) is 0 Å². The molecule has 0 aliphatic heterocycles. The van der Waals surface area contributed by atoms with E-state index in [1.165, 1.54) is 0 Å². The van der Waals surface area contributed by atoms with Crippen molar-refractivity contribution in [2.45, 2.75) is 19.8 Å². The summed E-state index contributed by atoms with van der Waals surface area (Å²) in [5.41, 5.74) is 7.89. The molecule has 4 nitrogen and oxygen atoms in total. The highest BCUT2D eigenvalue weighted by Gasteiger charge is 2.14. The standard InChI is InChI=1S/C13H14N2O2/c1-9-11(7-8-12(14)16)13(17-15-9)10-5-3-2-4-6-10/h2-6H,7-8H2,1H3,(H2,14,16). The van der Waals surface area contributed by atoms with E-state index in [1.54, 1.807) is 0 Å². The number of carbonyl (C=O) groups is 1. The molecule has 0 aliphatic carbocycles. The van der Waals surface area contributed by atoms with Crippen molar-refractivity contribution in [2.24, 2.45) is 5.73 Å². The van der Waals surface area contributed by atoms with Crippen LogP contribution in [0.1, 0.15) is 17.7 Å². The molecule has 0 bridgehead atoms. The molecule has 2 N–H and O–H groups in total. The Morgan fingerprint density at radius 1 is 1.35 bits per heavy atom. The third-order valence-corrected chi connectivity index (χ3v) is 2.64. The monoisotopic (exact) mass is 230 g/mol. The van der Waals surface area contributed by atoms with E-state index < -0.39 is 0 Å². The Kier molecular flexibility index (Phi) is 3.23. The number of aryl methyl sites for hydroxylation is 1. The van der Waals surface area contributed by atoms with Crippen LogP contribution in [0, 0.1) is 6.92 Å². The Morgan fingerprint density at radius 3 is 2.71 bits per heavy atom. The number of hydrogen-bond acceptors (Lipinski definition) is 3. The smallest absolute Gasteiger partial charge is 0.217 e. The van der Waals surface area contributed by atoms with Gasteiger partial charge in [-0.3, -0.25) is 4.79 Å². The average Bonchev–Trinajstić information content (AvgIpc) is 2.69. The Morgan fingerprint density at radius 2 is 2.06 bits per heavy atom. The minimum atomic E-state index is -0.315. The Balaban J connectivity index is 2.32. The maximum Gasteiger partial charge on any atom is 0.217 e. The van der Waals surface area contributed by atoms with Crippen molar-refractivity contribution < 1.29 is 9.32 Å². The Hall–Kier alpha value is -2.10. The van der Waals surface area contributed by atoms with Gasteiger partial charge in [-0.1, -0.05) is 35.5 Å². The van der Waals surface area contributed by atoms with Crippen molar-refractivity contribution in [3.05, 3.63) is 41.6 Å². The molecule has 0 aliphatic rings. The molecule has 0 fully saturated rings. The van der Waals surface area contributed by atoms with Gasteiger partial charge in [-0.25, -0.2) is 0 Å². The SMILES string of the molecule is Cc1noc(-c2ccccc2)c1CCC(N)=O. The number of primary amides is 1. The van der Waals surface area contributed by atoms with Gasteiger partial charge < -0.3 is 10.3 Å². The molecular weight excluding hydrogens is 216 g/mol. The first-order valence-corrected chi connectivity index (χ1v) is 5.47. The molecule has 1 aromatic carbocycles. The highest BCUT2D eigenvalue weighted by Crippen LogP contribution is 2.26. The minimum absolute atomic E-state index is 0.307. The van der Waals surface area contributed by atoms with Crippen LogP contribution in [0.2, 0.25) is 0 Å². The summed E-state index contributed by atoms with van der Waals surface area (Å²) < 4.78 is 5.31. The highest BCUT2D eigenvalue weighted by atomic mass is 16.5. The van der Waals surface area contributed by atoms with Crippen LogP contribution < -0.4 is 5.73 Å². The third-order valence-electron chi connectivity index (χ3n) is 2.64. The van der Waals surface area contributed by atoms with E-state index in [-0.39, 0.29) is 5.91 Å². The molecule has 1 amide bonds. The summed E-state index contributed by atoms with van der Waals surface area (Å²) in [5, 5.41) is 3.94. The molecule has 0 atom stereocenters. The minimum Gasteiger partial charge on any atom is -0.370 e. The van der Waals surface area contributed by atoms with E-state index in [9.17, 15) is 4.79 Å². The molecule has 4 heteroatoms. The first kappa shape index (κ1) is 11.4. The number of amides is 1. The van der Waals surface area contributed by atoms with E-state index in [4.69, 9.17) is 10.3 Å². The van der Waals surface area contributed by atoms with Gasteiger partial charge in [0.05, 0.1) is 5.69 Å². The molecule has 1 aromatic heterocycles. The van der Waals surface area contributed by atoms with Crippen LogP contribution in [0.15, 0.2) is 34.9 Å². The number of aromatic nitrogens is 1. The van der Waals surface area contributed by atoms with E-state index in [0.29, 0.717) is 12.8 Å². The van der Waals surface area contributed by atoms with Gasteiger partial charge in [0.2, 0.25) is 5.91 Å². The van der Waals surface area contributed by atoms with Gasteiger partial charge in [0, 0.05) is 17.5 Å². The predicted molar refractivity (Wildman–Crippen MR) is 64.2 cm³/mol. The second-order valence-electron chi connectivity index (χ2n) is 3.91. The van der Waals surface area contributed by atoms with Gasteiger partial charge in [-0.05, 0) is 13.3 Å². The number of carbonyl (C=O) groups excluding carboxylic acids is 1. The van der Waals surface area contributed by atoms with Gasteiger partial charge in [-0.15, -0.1) is 0 Å². The van der Waals surface area contributed by atoms with Crippen LogP contribution in [0.25, 0.3) is 11.3 Å². The van der Waals surface area contributed by atoms with Crippen LogP contribution in [0.5, 0.6) is 0 Å². The zero-order valence-corrected chi connectivity index (χ0v) is 9.64. The Labute approximate surface area is 99.4 Å². The fourth-order valence-electron chi connectivity index (χ4n) is 1.75. The second-order valence-corrected chi connectivity index (χ2v) is 3.91. The molecule has 0 saturated heterocycles. The van der Waals surface area contributed by atoms with Gasteiger partial charge >= 0.3 is 0 Å². The van der Waals surface area contributed by atoms with Crippen molar-refractivity contribution in [3.8, 4) is 11.3 Å². The van der Waals surface area contributed by atoms with Crippen LogP contribution in [0.4, 0.5) is 0 Å². The largest absolute Gasteiger partial charge is 0.370 e. The zero-order valence-electron chi connectivity index (χ0n) is 9.64. The molecule has 88 valence electrons. The summed E-state index contributed by atoms with van der Waals surface area (Å²) >= 11 is 0. The lowest BCUT2D eigenvalue weighted by Crippen LogP contribution is -2.11. The Bertz CT molecular complexity index is 517. The summed E-state index contributed by atoms with van der Waals surface area (Å²) in [6.45, 7) is 1.87. The number of nitrogens with two attached hydrogens (primary N) is 1. The van der Waals surface area contributed by atoms with E-state index >= 15 is 0 Å². The highest BCUT2D eigenvalue weighted by molar-refractivity contribution is 5.74. The first-order valence-electron chi connectivity index (χ1n) is 5.47. The van der Waals surface area contributed by atoms with Crippen LogP contribution in [-0.2, 0) is 11.2 Å². The molecule has 2 rings (SSSR count). The summed E-state index contributed by atoms with van der Waals surface area (Å²) in [7, 11) is 0. The van der Waals surface area contributed by atoms with Gasteiger partial charge in [0.25, 0.3) is 0 Å². The molecule has 0 saturated carbocycles. The van der Waals surface area contributed by atoms with E-state index in [0.717, 1.165) is 22.6 Å². The van der Waals surface area contributed by atoms with Crippen molar-refractivity contribution in [3.63, 3.8) is 0 Å². The summed E-state index contributed by atoms with van der Waals surface area (Å²) in [4.78, 5) is 10.8. The molecular formula is C13H14N2O2. The van der Waals surface area contributed by atoms with Crippen molar-refractivity contribution >= 4 is 5.91 Å². The molecule has 17 heavy (non-hydrogen) atoms. The predicted octanol–water partition coefficient (Wildman–Crippen LogP) is 2.07. The average molecular weight is 230 g/mol. The molecule has 0 radical (unpaired) electrons. The summed E-state index contributed by atoms with van der Waals surface area (Å²) in [5.74, 6) is 0.411. The maximum absolute atomic E-state index is 10.8. The van der Waals surface area contributed by atoms with E-state index in [2.05, 4.69) is 5.16 Å². The molecule has 1 heterocycles. The molecule has 0 unspecified atom stereocenters. The van der Waals surface area contributed by atoms with Crippen molar-refractivity contribution in [1.82, 2.24) is 5.16 Å². The topological polar surface area (TPSA) is 69.1 Å². The lowest BCUT2D eigenvalue weighted by atomic mass is 10.0. The van der Waals surface area contributed by atoms with Crippen LogP contribution in [0.3, 0.4) is 0 Å². The van der Waals surface area contributed by atoms with Gasteiger partial charge in [-0.2, -0.15) is 0 Å². The van der Waals surface area contributed by atoms with Crippen LogP contribution in [-0.4, -0.2) is 11.1 Å². The summed E-state index contributed by atoms with van der Waals surface area (Å²) in [6.07, 6.45) is 0.872. The van der Waals surface area contributed by atoms with Crippen LogP contribution >= 0.6 is 0 Å². The molecule has 2 aromatic rings. The lowest BCUT2D eigenvalue weighted by molar-refractivity contribution is -0.117. The first-order chi connectivity index (χ1) is 8.18. The normalized spacial score (nSPS) is 10.4. The number of benzene rings is 1. The summed E-state index contributed by atoms with van der Waals surface area (Å²) in [6, 6.07) is 9.72. The number of nitrogens with zero attached hydrogens (tertiary/aromatic N) is 1. The quantitative estimate of drug-likeness (QED) is 0.874. The maximum atomic E-state index is 10.8. The number of hydrogen-bond donors (Lipinski definition) is 1. The fourth-order valence-corrected chi connectivity index (χ4v) is 1.75. The third kappa shape index (κ3) is 2.53. The second kappa shape index (κ2) is 4.82. The van der Waals surface area contributed by atoms with Gasteiger partial charge in [0.15, 0.2) is 5.76 Å².